The Morgan fingerprint density at radius 1 is 1.26 bits per heavy atom. The number of benzene rings is 1. The van der Waals surface area contributed by atoms with Crippen LogP contribution in [0.3, 0.4) is 0 Å². The minimum Gasteiger partial charge on any atom is -0.488 e. The van der Waals surface area contributed by atoms with Gasteiger partial charge in [0.2, 0.25) is 5.75 Å². The molecule has 0 atom stereocenters. The van der Waals surface area contributed by atoms with Crippen LogP contribution in [0.4, 0.5) is 10.1 Å². The van der Waals surface area contributed by atoms with E-state index in [9.17, 15) is 24.1 Å². The summed E-state index contributed by atoms with van der Waals surface area (Å²) in [6.45, 7) is 2.74. The maximum Gasteiger partial charge on any atom is 0.348 e. The molecule has 1 aromatic carbocycles. The smallest absolute Gasteiger partial charge is 0.348 e. The Balaban J connectivity index is 2.49. The van der Waals surface area contributed by atoms with Gasteiger partial charge in [-0.2, -0.15) is 0 Å². The van der Waals surface area contributed by atoms with Crippen LogP contribution in [-0.4, -0.2) is 29.8 Å². The zero-order valence-electron chi connectivity index (χ0n) is 12.4. The van der Waals surface area contributed by atoms with E-state index in [4.69, 9.17) is 9.47 Å². The van der Waals surface area contributed by atoms with Gasteiger partial charge >= 0.3 is 17.6 Å². The Morgan fingerprint density at radius 3 is 2.30 bits per heavy atom. The summed E-state index contributed by atoms with van der Waals surface area (Å²) in [5.74, 6) is -4.91. The van der Waals surface area contributed by atoms with Crippen molar-refractivity contribution in [3.8, 4) is 5.75 Å². The molecule has 1 heterocycles. The molecular weight excluding hydrogens is 313 g/mol. The lowest BCUT2D eigenvalue weighted by molar-refractivity contribution is -0.386. The molecule has 0 radical (unpaired) electrons. The number of methoxy groups -OCH3 is 1. The third-order valence-corrected chi connectivity index (χ3v) is 2.87. The van der Waals surface area contributed by atoms with Gasteiger partial charge in [-0.15, -0.1) is 0 Å². The van der Waals surface area contributed by atoms with E-state index in [1.807, 2.05) is 0 Å². The van der Waals surface area contributed by atoms with Crippen LogP contribution in [0.1, 0.15) is 19.4 Å². The summed E-state index contributed by atoms with van der Waals surface area (Å²) in [4.78, 5) is 33.7. The molecule has 0 amide bonds. The highest BCUT2D eigenvalue weighted by Gasteiger charge is 2.39. The van der Waals surface area contributed by atoms with Crippen molar-refractivity contribution in [2.45, 2.75) is 19.6 Å². The molecule has 0 aromatic heterocycles. The Kier molecular flexibility index (Phi) is 4.04. The molecule has 0 bridgehead atoms. The summed E-state index contributed by atoms with van der Waals surface area (Å²) >= 11 is 0. The number of halogens is 1. The van der Waals surface area contributed by atoms with Gasteiger partial charge in [0.1, 0.15) is 5.57 Å². The van der Waals surface area contributed by atoms with Crippen LogP contribution in [0.15, 0.2) is 17.7 Å². The van der Waals surface area contributed by atoms with Crippen LogP contribution < -0.4 is 4.74 Å². The predicted octanol–water partition coefficient (Wildman–Crippen LogP) is 1.96. The van der Waals surface area contributed by atoms with Gasteiger partial charge in [-0.3, -0.25) is 10.1 Å². The molecule has 1 aromatic rings. The lowest BCUT2D eigenvalue weighted by Gasteiger charge is -2.29. The van der Waals surface area contributed by atoms with E-state index in [0.29, 0.717) is 0 Å². The summed E-state index contributed by atoms with van der Waals surface area (Å²) in [7, 11) is 1.08. The van der Waals surface area contributed by atoms with E-state index in [2.05, 4.69) is 4.74 Å². The first-order chi connectivity index (χ1) is 10.6. The lowest BCUT2D eigenvalue weighted by Crippen LogP contribution is -2.41. The fraction of sp³-hybridized carbons (Fsp3) is 0.286. The number of nitrogens with zero attached hydrogens (tertiary/aromatic N) is 1. The zero-order valence-corrected chi connectivity index (χ0v) is 12.4. The number of esters is 2. The molecule has 1 fully saturated rings. The summed E-state index contributed by atoms with van der Waals surface area (Å²) in [6, 6.07) is 1.86. The van der Waals surface area contributed by atoms with Crippen molar-refractivity contribution >= 4 is 23.7 Å². The van der Waals surface area contributed by atoms with Crippen molar-refractivity contribution in [3.05, 3.63) is 39.2 Å². The molecule has 2 rings (SSSR count). The van der Waals surface area contributed by atoms with Crippen LogP contribution in [0.25, 0.3) is 6.08 Å². The number of ether oxygens (including phenoxy) is 3. The number of carbonyl (C=O) groups is 2. The molecule has 1 aliphatic rings. The lowest BCUT2D eigenvalue weighted by atomic mass is 10.1. The quantitative estimate of drug-likeness (QED) is 0.275. The van der Waals surface area contributed by atoms with Gasteiger partial charge in [0.25, 0.3) is 5.79 Å². The minimum atomic E-state index is -1.41. The Morgan fingerprint density at radius 2 is 1.83 bits per heavy atom. The first-order valence-electron chi connectivity index (χ1n) is 6.35. The highest BCUT2D eigenvalue weighted by atomic mass is 19.1. The maximum atomic E-state index is 13.9. The van der Waals surface area contributed by atoms with Crippen molar-refractivity contribution in [1.82, 2.24) is 0 Å². The van der Waals surface area contributed by atoms with Crippen molar-refractivity contribution in [2.75, 3.05) is 7.11 Å². The summed E-state index contributed by atoms with van der Waals surface area (Å²) in [5, 5.41) is 10.9. The van der Waals surface area contributed by atoms with Crippen LogP contribution in [0.5, 0.6) is 5.75 Å². The topological polar surface area (TPSA) is 105 Å². The molecule has 1 saturated heterocycles. The second-order valence-electron chi connectivity index (χ2n) is 5.05. The highest BCUT2D eigenvalue weighted by molar-refractivity contribution is 6.18. The first kappa shape index (κ1) is 16.4. The molecule has 23 heavy (non-hydrogen) atoms. The van der Waals surface area contributed by atoms with Gasteiger partial charge in [0.15, 0.2) is 5.82 Å². The van der Waals surface area contributed by atoms with Gasteiger partial charge in [-0.25, -0.2) is 14.0 Å². The van der Waals surface area contributed by atoms with E-state index in [-0.39, 0.29) is 5.56 Å². The van der Waals surface area contributed by atoms with Gasteiger partial charge in [-0.1, -0.05) is 0 Å². The van der Waals surface area contributed by atoms with Crippen molar-refractivity contribution < 1.29 is 33.1 Å². The Hall–Kier alpha value is -2.97. The molecular formula is C14H12FNO7. The Labute approximate surface area is 129 Å². The number of cyclic esters (lactones) is 2. The molecule has 0 spiro atoms. The average molecular weight is 325 g/mol. The number of nitro benzene ring substituents is 1. The molecule has 0 N–H and O–H groups in total. The number of rotatable bonds is 3. The summed E-state index contributed by atoms with van der Waals surface area (Å²) in [5.41, 5.74) is -1.22. The van der Waals surface area contributed by atoms with Gasteiger partial charge < -0.3 is 14.2 Å². The van der Waals surface area contributed by atoms with Crippen molar-refractivity contribution in [3.63, 3.8) is 0 Å². The fourth-order valence-corrected chi connectivity index (χ4v) is 1.97. The second kappa shape index (κ2) is 5.67. The van der Waals surface area contributed by atoms with E-state index in [1.54, 1.807) is 0 Å². The molecule has 0 saturated carbocycles. The molecule has 0 aliphatic carbocycles. The largest absolute Gasteiger partial charge is 0.488 e. The molecule has 122 valence electrons. The van der Waals surface area contributed by atoms with Gasteiger partial charge in [0, 0.05) is 19.9 Å². The minimum absolute atomic E-state index is 0.0846. The van der Waals surface area contributed by atoms with Gasteiger partial charge in [-0.05, 0) is 17.7 Å². The Bertz CT molecular complexity index is 717. The molecule has 0 unspecified atom stereocenters. The first-order valence-corrected chi connectivity index (χ1v) is 6.35. The number of hydrogen-bond acceptors (Lipinski definition) is 7. The monoisotopic (exact) mass is 325 g/mol. The molecule has 9 heteroatoms. The number of hydrogen-bond donors (Lipinski definition) is 0. The van der Waals surface area contributed by atoms with Crippen LogP contribution in [0.2, 0.25) is 0 Å². The van der Waals surface area contributed by atoms with E-state index < -0.39 is 45.5 Å². The third-order valence-electron chi connectivity index (χ3n) is 2.87. The van der Waals surface area contributed by atoms with E-state index in [0.717, 1.165) is 25.3 Å². The van der Waals surface area contributed by atoms with Crippen molar-refractivity contribution in [2.24, 2.45) is 0 Å². The van der Waals surface area contributed by atoms with Crippen LogP contribution in [0, 0.1) is 15.9 Å². The molecule has 1 aliphatic heterocycles. The van der Waals surface area contributed by atoms with Crippen LogP contribution >= 0.6 is 0 Å². The number of nitro groups is 1. The second-order valence-corrected chi connectivity index (χ2v) is 5.05. The maximum absolute atomic E-state index is 13.9. The van der Waals surface area contributed by atoms with E-state index >= 15 is 0 Å². The summed E-state index contributed by atoms with van der Waals surface area (Å²) < 4.78 is 28.2. The normalized spacial score (nSPS) is 16.4. The fourth-order valence-electron chi connectivity index (χ4n) is 1.97. The van der Waals surface area contributed by atoms with Gasteiger partial charge in [0.05, 0.1) is 12.0 Å². The average Bonchev–Trinajstić information content (AvgIpc) is 2.41. The van der Waals surface area contributed by atoms with E-state index in [1.165, 1.54) is 13.8 Å². The predicted molar refractivity (Wildman–Crippen MR) is 73.8 cm³/mol. The van der Waals surface area contributed by atoms with Crippen LogP contribution in [-0.2, 0) is 19.1 Å². The zero-order chi connectivity index (χ0) is 17.4. The highest BCUT2D eigenvalue weighted by Crippen LogP contribution is 2.32. The standard InChI is InChI=1S/C14H12FNO7/c1-14(2)22-12(17)8(13(18)23-14)4-7-5-9(15)11(21-3)10(6-7)16(19)20/h4-6H,1-3H3. The summed E-state index contributed by atoms with van der Waals surface area (Å²) in [6.07, 6.45) is 0.954. The molecule has 8 nitrogen and oxygen atoms in total. The van der Waals surface area contributed by atoms with Crippen molar-refractivity contribution in [1.29, 1.82) is 0 Å². The third kappa shape index (κ3) is 3.28. The SMILES string of the molecule is COc1c(F)cc(C=C2C(=O)OC(C)(C)OC2=O)cc1[N+](=O)[O-]. The number of carbonyl (C=O) groups excluding carboxylic acids is 2.